The lowest BCUT2D eigenvalue weighted by molar-refractivity contribution is -0.0307. The molecule has 0 saturated heterocycles. The lowest BCUT2D eigenvalue weighted by Crippen LogP contribution is -2.60. The number of allylic oxidation sites excluding steroid dienone is 2. The zero-order chi connectivity index (χ0) is 30.4. The molecule has 1 unspecified atom stereocenters. The molecule has 3 aliphatic rings. The molecule has 1 aromatic carbocycles. The van der Waals surface area contributed by atoms with Crippen molar-refractivity contribution in [1.29, 1.82) is 0 Å². The quantitative estimate of drug-likeness (QED) is 0.275. The minimum atomic E-state index is -3.98. The molecule has 5 nitrogen and oxygen atoms in total. The summed E-state index contributed by atoms with van der Waals surface area (Å²) in [6.07, 6.45) is 8.76. The molecule has 4 rings (SSSR count). The van der Waals surface area contributed by atoms with Crippen LogP contribution in [0.1, 0.15) is 99.3 Å². The predicted octanol–water partition coefficient (Wildman–Crippen LogP) is 6.87. The third kappa shape index (κ3) is 5.75. The molecule has 9 atom stereocenters. The van der Waals surface area contributed by atoms with Gasteiger partial charge in [-0.2, -0.15) is 0 Å². The first kappa shape index (κ1) is 32.4. The molecular formula is C35H54O5S. The Balaban J connectivity index is 1.67. The summed E-state index contributed by atoms with van der Waals surface area (Å²) in [4.78, 5) is 0.203. The summed E-state index contributed by atoms with van der Waals surface area (Å²) in [6.45, 7) is 16.4. The Kier molecular flexibility index (Phi) is 9.42. The van der Waals surface area contributed by atoms with E-state index >= 15 is 0 Å². The van der Waals surface area contributed by atoms with E-state index in [-0.39, 0.29) is 16.7 Å². The molecule has 41 heavy (non-hydrogen) atoms. The number of benzene rings is 1. The zero-order valence-electron chi connectivity index (χ0n) is 26.1. The molecule has 6 heteroatoms. The van der Waals surface area contributed by atoms with Crippen LogP contribution in [0.25, 0.3) is 0 Å². The Bertz CT molecular complexity index is 1210. The van der Waals surface area contributed by atoms with Gasteiger partial charge in [-0.15, -0.1) is 0 Å². The Hall–Kier alpha value is -1.47. The monoisotopic (exact) mass is 586 g/mol. The molecule has 3 saturated carbocycles. The van der Waals surface area contributed by atoms with E-state index in [4.69, 9.17) is 0 Å². The topological polar surface area (TPSA) is 94.8 Å². The average Bonchev–Trinajstić information content (AvgIpc) is 3.28. The van der Waals surface area contributed by atoms with Gasteiger partial charge in [0.2, 0.25) is 0 Å². The van der Waals surface area contributed by atoms with Crippen LogP contribution in [0.2, 0.25) is 0 Å². The maximum atomic E-state index is 14.5. The van der Waals surface area contributed by atoms with Gasteiger partial charge in [0.1, 0.15) is 4.75 Å². The van der Waals surface area contributed by atoms with Crippen molar-refractivity contribution in [1.82, 2.24) is 0 Å². The van der Waals surface area contributed by atoms with Gasteiger partial charge in [-0.1, -0.05) is 77.0 Å². The fourth-order valence-corrected chi connectivity index (χ4v) is 11.4. The normalized spacial score (nSPS) is 38.2. The van der Waals surface area contributed by atoms with Crippen molar-refractivity contribution in [3.8, 4) is 0 Å². The van der Waals surface area contributed by atoms with E-state index in [1.54, 1.807) is 37.3 Å². The van der Waals surface area contributed by atoms with Crippen molar-refractivity contribution in [2.75, 3.05) is 0 Å². The molecule has 3 fully saturated rings. The smallest absolute Gasteiger partial charge is 0.188 e. The van der Waals surface area contributed by atoms with Crippen LogP contribution in [0.4, 0.5) is 0 Å². The van der Waals surface area contributed by atoms with Crippen molar-refractivity contribution in [2.45, 2.75) is 127 Å². The number of hydrogen-bond acceptors (Lipinski definition) is 5. The second-order valence-electron chi connectivity index (χ2n) is 14.6. The molecule has 230 valence electrons. The summed E-state index contributed by atoms with van der Waals surface area (Å²) in [7, 11) is -3.98. The first-order valence-corrected chi connectivity index (χ1v) is 17.3. The molecule has 0 aliphatic heterocycles. The number of aliphatic hydroxyl groups excluding tert-OH is 2. The van der Waals surface area contributed by atoms with Crippen molar-refractivity contribution in [2.24, 2.45) is 35.0 Å². The van der Waals surface area contributed by atoms with Gasteiger partial charge in [0.15, 0.2) is 9.84 Å². The van der Waals surface area contributed by atoms with Crippen LogP contribution in [-0.2, 0) is 9.84 Å². The van der Waals surface area contributed by atoms with Crippen LogP contribution in [0, 0.1) is 35.0 Å². The van der Waals surface area contributed by atoms with Crippen molar-refractivity contribution >= 4 is 9.84 Å². The first-order valence-electron chi connectivity index (χ1n) is 15.8. The van der Waals surface area contributed by atoms with Crippen LogP contribution in [-0.4, -0.2) is 46.3 Å². The van der Waals surface area contributed by atoms with Gasteiger partial charge < -0.3 is 15.3 Å². The van der Waals surface area contributed by atoms with E-state index in [0.29, 0.717) is 23.3 Å². The minimum absolute atomic E-state index is 0.173. The molecule has 0 amide bonds. The standard InChI is InChI=1S/C35H54O5S/c1-23(13-11-20-33(5,6)38)29-17-18-30-27(14-12-21-34(29,30)7)19-22-35(41(39,40)28-15-9-8-10-16-28)25(3)31(36)24(2)32(37)26(35)4/h8-10,15-16,19,23-24,26,29-32,36-38H,3,11-14,17-18,20-22H2,1-2,4-7H3/b27-19+/t23-,24-,26-,29-,30+,31+,32+,34-,35?/m1/s1. The molecule has 0 spiro atoms. The lowest BCUT2D eigenvalue weighted by atomic mass is 9.60. The summed E-state index contributed by atoms with van der Waals surface area (Å²) in [5, 5.41) is 32.6. The van der Waals surface area contributed by atoms with Crippen molar-refractivity contribution in [3.63, 3.8) is 0 Å². The molecule has 0 heterocycles. The van der Waals surface area contributed by atoms with E-state index in [1.165, 1.54) is 18.4 Å². The molecule has 3 aliphatic carbocycles. The highest BCUT2D eigenvalue weighted by molar-refractivity contribution is 7.93. The van der Waals surface area contributed by atoms with Gasteiger partial charge in [-0.05, 0) is 99.7 Å². The fraction of sp³-hybridized carbons (Fsp3) is 0.714. The van der Waals surface area contributed by atoms with E-state index < -0.39 is 44.2 Å². The molecule has 3 N–H and O–H groups in total. The number of sulfone groups is 1. The van der Waals surface area contributed by atoms with Crippen LogP contribution < -0.4 is 0 Å². The maximum Gasteiger partial charge on any atom is 0.188 e. The highest BCUT2D eigenvalue weighted by Gasteiger charge is 2.59. The molecule has 0 aromatic heterocycles. The number of rotatable bonds is 9. The zero-order valence-corrected chi connectivity index (χ0v) is 27.0. The Morgan fingerprint density at radius 2 is 1.80 bits per heavy atom. The molecular weight excluding hydrogens is 532 g/mol. The third-order valence-electron chi connectivity index (χ3n) is 11.6. The largest absolute Gasteiger partial charge is 0.392 e. The fourth-order valence-electron chi connectivity index (χ4n) is 9.03. The van der Waals surface area contributed by atoms with Gasteiger partial charge in [0.05, 0.1) is 22.7 Å². The second kappa shape index (κ2) is 11.9. The minimum Gasteiger partial charge on any atom is -0.392 e. The summed E-state index contributed by atoms with van der Waals surface area (Å²) >= 11 is 0. The van der Waals surface area contributed by atoms with Gasteiger partial charge in [-0.3, -0.25) is 0 Å². The van der Waals surface area contributed by atoms with Crippen LogP contribution in [0.15, 0.2) is 59.0 Å². The average molecular weight is 587 g/mol. The van der Waals surface area contributed by atoms with Crippen LogP contribution >= 0.6 is 0 Å². The maximum absolute atomic E-state index is 14.5. The highest BCUT2D eigenvalue weighted by Crippen LogP contribution is 2.60. The summed E-state index contributed by atoms with van der Waals surface area (Å²) in [6, 6.07) is 8.46. The Morgan fingerprint density at radius 1 is 1.15 bits per heavy atom. The second-order valence-corrected chi connectivity index (χ2v) is 16.8. The molecule has 0 radical (unpaired) electrons. The predicted molar refractivity (Wildman–Crippen MR) is 166 cm³/mol. The van der Waals surface area contributed by atoms with Gasteiger partial charge in [-0.25, -0.2) is 8.42 Å². The van der Waals surface area contributed by atoms with E-state index in [0.717, 1.165) is 38.5 Å². The van der Waals surface area contributed by atoms with E-state index in [1.807, 2.05) is 20.8 Å². The SMILES string of the molecule is C=C1[C@@H](O)[C@@H](C)[C@H](O)[C@@H](C)C1(C/C=C1\CCC[C@]2(C)[C@@H]([C@H](C)CCCC(C)(C)O)CC[C@@H]12)S(=O)(=O)c1ccccc1. The summed E-state index contributed by atoms with van der Waals surface area (Å²) < 4.78 is 27.4. The Morgan fingerprint density at radius 3 is 2.44 bits per heavy atom. The third-order valence-corrected chi connectivity index (χ3v) is 14.2. The highest BCUT2D eigenvalue weighted by atomic mass is 32.2. The van der Waals surface area contributed by atoms with Crippen LogP contribution in [0.5, 0.6) is 0 Å². The van der Waals surface area contributed by atoms with Gasteiger partial charge in [0.25, 0.3) is 0 Å². The summed E-state index contributed by atoms with van der Waals surface area (Å²) in [5.74, 6) is 0.471. The summed E-state index contributed by atoms with van der Waals surface area (Å²) in [5.41, 5.74) is 1.19. The van der Waals surface area contributed by atoms with Gasteiger partial charge in [0, 0.05) is 11.8 Å². The number of hydrogen-bond donors (Lipinski definition) is 3. The van der Waals surface area contributed by atoms with Gasteiger partial charge >= 0.3 is 0 Å². The first-order chi connectivity index (χ1) is 19.1. The van der Waals surface area contributed by atoms with Crippen LogP contribution in [0.3, 0.4) is 0 Å². The lowest BCUT2D eigenvalue weighted by Gasteiger charge is -2.50. The number of aliphatic hydroxyl groups is 3. The molecule has 0 bridgehead atoms. The van der Waals surface area contributed by atoms with Crippen molar-refractivity contribution < 1.29 is 23.7 Å². The van der Waals surface area contributed by atoms with E-state index in [2.05, 4.69) is 26.5 Å². The Labute approximate surface area is 249 Å². The van der Waals surface area contributed by atoms with E-state index in [9.17, 15) is 23.7 Å². The molecule has 1 aromatic rings. The van der Waals surface area contributed by atoms with Crippen molar-refractivity contribution in [3.05, 3.63) is 54.1 Å². The number of fused-ring (bicyclic) bond motifs is 1.